The Morgan fingerprint density at radius 3 is 2.65 bits per heavy atom. The molecular formula is C16H14N2OS. The fourth-order valence-corrected chi connectivity index (χ4v) is 3.13. The first-order valence-corrected chi connectivity index (χ1v) is 7.05. The third kappa shape index (κ3) is 2.30. The van der Waals surface area contributed by atoms with Crippen LogP contribution in [0.4, 0.5) is 5.69 Å². The number of aromatic nitrogens is 1. The maximum atomic E-state index is 6.10. The number of nitrogens with zero attached hydrogens (tertiary/aromatic N) is 1. The Kier molecular flexibility index (Phi) is 3.48. The summed E-state index contributed by atoms with van der Waals surface area (Å²) in [4.78, 5) is 6.41. The van der Waals surface area contributed by atoms with E-state index >= 15 is 0 Å². The van der Waals surface area contributed by atoms with Crippen molar-refractivity contribution in [3.8, 4) is 5.75 Å². The molecule has 0 spiro atoms. The first-order valence-electron chi connectivity index (χ1n) is 6.23. The Bertz CT molecular complexity index is 758. The molecule has 0 saturated heterocycles. The summed E-state index contributed by atoms with van der Waals surface area (Å²) in [6.45, 7) is 0. The van der Waals surface area contributed by atoms with Gasteiger partial charge in [0.25, 0.3) is 0 Å². The number of methoxy groups -OCH3 is 1. The number of fused-ring (bicyclic) bond motifs is 1. The maximum Gasteiger partial charge on any atom is 0.132 e. The van der Waals surface area contributed by atoms with Crippen molar-refractivity contribution in [3.05, 3.63) is 54.7 Å². The lowest BCUT2D eigenvalue weighted by Gasteiger charge is -2.11. The third-order valence-corrected chi connectivity index (χ3v) is 4.25. The molecule has 0 radical (unpaired) electrons. The van der Waals surface area contributed by atoms with Crippen molar-refractivity contribution < 1.29 is 4.74 Å². The number of hydrogen-bond acceptors (Lipinski definition) is 4. The van der Waals surface area contributed by atoms with Crippen LogP contribution in [0, 0.1) is 0 Å². The lowest BCUT2D eigenvalue weighted by atomic mass is 10.2. The maximum absolute atomic E-state index is 6.10. The van der Waals surface area contributed by atoms with Gasteiger partial charge in [0.2, 0.25) is 0 Å². The largest absolute Gasteiger partial charge is 0.496 e. The highest BCUT2D eigenvalue weighted by molar-refractivity contribution is 7.99. The van der Waals surface area contributed by atoms with E-state index < -0.39 is 0 Å². The summed E-state index contributed by atoms with van der Waals surface area (Å²) in [5, 5.41) is 1.06. The van der Waals surface area contributed by atoms with Crippen LogP contribution in [0.3, 0.4) is 0 Å². The molecule has 20 heavy (non-hydrogen) atoms. The molecule has 1 aromatic heterocycles. The SMILES string of the molecule is COc1ccccc1Sc1c(N)cnc2ccccc12. The Morgan fingerprint density at radius 1 is 1.05 bits per heavy atom. The zero-order valence-corrected chi connectivity index (χ0v) is 11.9. The van der Waals surface area contributed by atoms with E-state index in [1.807, 2.05) is 48.5 Å². The number of nitrogens with two attached hydrogens (primary N) is 1. The summed E-state index contributed by atoms with van der Waals surface area (Å²) in [5.41, 5.74) is 7.73. The molecule has 0 aliphatic heterocycles. The second kappa shape index (κ2) is 5.43. The number of nitrogen functional groups attached to an aromatic ring is 1. The monoisotopic (exact) mass is 282 g/mol. The van der Waals surface area contributed by atoms with Crippen LogP contribution in [0.15, 0.2) is 64.5 Å². The highest BCUT2D eigenvalue weighted by Crippen LogP contribution is 2.40. The van der Waals surface area contributed by atoms with Crippen molar-refractivity contribution in [2.75, 3.05) is 12.8 Å². The van der Waals surface area contributed by atoms with Crippen molar-refractivity contribution in [2.45, 2.75) is 9.79 Å². The average Bonchev–Trinajstić information content (AvgIpc) is 2.50. The number of ether oxygens (including phenoxy) is 1. The molecule has 0 amide bonds. The standard InChI is InChI=1S/C16H14N2OS/c1-19-14-8-4-5-9-15(14)20-16-11-6-2-3-7-13(11)18-10-12(16)17/h2-10H,17H2,1H3. The zero-order chi connectivity index (χ0) is 13.9. The minimum atomic E-state index is 0.680. The molecule has 0 atom stereocenters. The van der Waals surface area contributed by atoms with Crippen LogP contribution in [0.2, 0.25) is 0 Å². The van der Waals surface area contributed by atoms with Gasteiger partial charge in [-0.3, -0.25) is 4.98 Å². The molecule has 0 saturated carbocycles. The molecule has 2 N–H and O–H groups in total. The predicted molar refractivity (Wildman–Crippen MR) is 83.3 cm³/mol. The van der Waals surface area contributed by atoms with Crippen LogP contribution in [0.25, 0.3) is 10.9 Å². The average molecular weight is 282 g/mol. The predicted octanol–water partition coefficient (Wildman–Crippen LogP) is 3.98. The van der Waals surface area contributed by atoms with E-state index in [0.717, 1.165) is 26.4 Å². The Balaban J connectivity index is 2.13. The fraction of sp³-hybridized carbons (Fsp3) is 0.0625. The second-order valence-electron chi connectivity index (χ2n) is 4.31. The van der Waals surface area contributed by atoms with Crippen molar-refractivity contribution in [2.24, 2.45) is 0 Å². The van der Waals surface area contributed by atoms with E-state index in [4.69, 9.17) is 10.5 Å². The van der Waals surface area contributed by atoms with Crippen LogP contribution in [0.5, 0.6) is 5.75 Å². The number of para-hydroxylation sites is 2. The molecular weight excluding hydrogens is 268 g/mol. The molecule has 0 aliphatic carbocycles. The minimum Gasteiger partial charge on any atom is -0.496 e. The Morgan fingerprint density at radius 2 is 1.80 bits per heavy atom. The first-order chi connectivity index (χ1) is 9.79. The Labute approximate surface area is 121 Å². The van der Waals surface area contributed by atoms with Gasteiger partial charge < -0.3 is 10.5 Å². The first kappa shape index (κ1) is 12.8. The van der Waals surface area contributed by atoms with Gasteiger partial charge >= 0.3 is 0 Å². The molecule has 3 aromatic rings. The molecule has 4 heteroatoms. The lowest BCUT2D eigenvalue weighted by molar-refractivity contribution is 0.405. The molecule has 0 bridgehead atoms. The van der Waals surface area contributed by atoms with Gasteiger partial charge in [0.1, 0.15) is 5.75 Å². The number of pyridine rings is 1. The van der Waals surface area contributed by atoms with E-state index in [-0.39, 0.29) is 0 Å². The van der Waals surface area contributed by atoms with Gasteiger partial charge in [-0.1, -0.05) is 42.1 Å². The molecule has 0 aliphatic rings. The van der Waals surface area contributed by atoms with Crippen molar-refractivity contribution >= 4 is 28.4 Å². The summed E-state index contributed by atoms with van der Waals surface area (Å²) in [6.07, 6.45) is 1.71. The van der Waals surface area contributed by atoms with Gasteiger partial charge in [-0.25, -0.2) is 0 Å². The highest BCUT2D eigenvalue weighted by atomic mass is 32.2. The van der Waals surface area contributed by atoms with Crippen LogP contribution < -0.4 is 10.5 Å². The number of rotatable bonds is 3. The normalized spacial score (nSPS) is 10.7. The third-order valence-electron chi connectivity index (χ3n) is 3.03. The van der Waals surface area contributed by atoms with Crippen LogP contribution in [0.1, 0.15) is 0 Å². The summed E-state index contributed by atoms with van der Waals surface area (Å²) >= 11 is 1.60. The van der Waals surface area contributed by atoms with E-state index in [1.165, 1.54) is 0 Å². The van der Waals surface area contributed by atoms with Gasteiger partial charge in [0.15, 0.2) is 0 Å². The van der Waals surface area contributed by atoms with Gasteiger partial charge in [0.05, 0.1) is 29.4 Å². The van der Waals surface area contributed by atoms with E-state index in [1.54, 1.807) is 25.1 Å². The number of benzene rings is 2. The summed E-state index contributed by atoms with van der Waals surface area (Å²) in [6, 6.07) is 15.9. The van der Waals surface area contributed by atoms with Gasteiger partial charge in [-0.05, 0) is 18.2 Å². The smallest absolute Gasteiger partial charge is 0.132 e. The summed E-state index contributed by atoms with van der Waals surface area (Å²) < 4.78 is 5.39. The topological polar surface area (TPSA) is 48.1 Å². The van der Waals surface area contributed by atoms with Gasteiger partial charge in [-0.2, -0.15) is 0 Å². The van der Waals surface area contributed by atoms with Crippen molar-refractivity contribution in [1.82, 2.24) is 4.98 Å². The number of hydrogen-bond donors (Lipinski definition) is 1. The fourth-order valence-electron chi connectivity index (χ4n) is 2.06. The molecule has 0 fully saturated rings. The van der Waals surface area contributed by atoms with E-state index in [2.05, 4.69) is 4.98 Å². The summed E-state index contributed by atoms with van der Waals surface area (Å²) in [7, 11) is 1.67. The number of anilines is 1. The molecule has 3 rings (SSSR count). The molecule has 0 unspecified atom stereocenters. The summed E-state index contributed by atoms with van der Waals surface area (Å²) in [5.74, 6) is 0.845. The Hall–Kier alpha value is -2.20. The van der Waals surface area contributed by atoms with Crippen LogP contribution in [-0.2, 0) is 0 Å². The van der Waals surface area contributed by atoms with Gasteiger partial charge in [0, 0.05) is 10.3 Å². The second-order valence-corrected chi connectivity index (χ2v) is 5.36. The molecule has 3 nitrogen and oxygen atoms in total. The minimum absolute atomic E-state index is 0.680. The van der Waals surface area contributed by atoms with Crippen molar-refractivity contribution in [1.29, 1.82) is 0 Å². The van der Waals surface area contributed by atoms with Gasteiger partial charge in [-0.15, -0.1) is 0 Å². The molecule has 2 aromatic carbocycles. The van der Waals surface area contributed by atoms with E-state index in [9.17, 15) is 0 Å². The zero-order valence-electron chi connectivity index (χ0n) is 11.0. The van der Waals surface area contributed by atoms with Crippen LogP contribution in [-0.4, -0.2) is 12.1 Å². The quantitative estimate of drug-likeness (QED) is 0.789. The van der Waals surface area contributed by atoms with Crippen molar-refractivity contribution in [3.63, 3.8) is 0 Å². The molecule has 1 heterocycles. The van der Waals surface area contributed by atoms with Crippen LogP contribution >= 0.6 is 11.8 Å². The molecule has 100 valence electrons. The van der Waals surface area contributed by atoms with E-state index in [0.29, 0.717) is 5.69 Å². The highest BCUT2D eigenvalue weighted by Gasteiger charge is 2.10. The lowest BCUT2D eigenvalue weighted by Crippen LogP contribution is -1.93.